The molecule has 0 fully saturated rings. The zero-order valence-electron chi connectivity index (χ0n) is 13.5. The quantitative estimate of drug-likeness (QED) is 0.669. The monoisotopic (exact) mass is 434 g/mol. The van der Waals surface area contributed by atoms with Gasteiger partial charge in [-0.1, -0.05) is 44.0 Å². The molecule has 0 atom stereocenters. The van der Waals surface area contributed by atoms with Crippen LogP contribution in [0.5, 0.6) is 0 Å². The second-order valence-corrected chi connectivity index (χ2v) is 8.18. The van der Waals surface area contributed by atoms with Crippen LogP contribution in [0.1, 0.15) is 22.3 Å². The highest BCUT2D eigenvalue weighted by Gasteiger charge is 2.23. The van der Waals surface area contributed by atoms with E-state index in [1.807, 2.05) is 0 Å². The molecule has 4 heteroatoms. The van der Waals surface area contributed by atoms with Gasteiger partial charge >= 0.3 is 0 Å². The Balaban J connectivity index is 1.70. The first-order valence-electron chi connectivity index (χ1n) is 8.09. The third-order valence-electron chi connectivity index (χ3n) is 5.19. The van der Waals surface area contributed by atoms with Crippen molar-refractivity contribution < 1.29 is 0 Å². The molecule has 2 aliphatic rings. The number of fused-ring (bicyclic) bond motifs is 2. The van der Waals surface area contributed by atoms with Crippen molar-refractivity contribution in [3.8, 4) is 0 Å². The minimum atomic E-state index is 0.967. The van der Waals surface area contributed by atoms with Gasteiger partial charge in [0.05, 0.1) is 0 Å². The molecule has 23 heavy (non-hydrogen) atoms. The molecular formula is C19H20Br2N2. The Morgan fingerprint density at radius 1 is 0.783 bits per heavy atom. The molecule has 0 N–H and O–H groups in total. The van der Waals surface area contributed by atoms with E-state index >= 15 is 0 Å². The largest absolute Gasteiger partial charge is 0.374 e. The van der Waals surface area contributed by atoms with Gasteiger partial charge in [0.2, 0.25) is 0 Å². The lowest BCUT2D eigenvalue weighted by Gasteiger charge is -2.16. The average Bonchev–Trinajstić information content (AvgIpc) is 3.10. The lowest BCUT2D eigenvalue weighted by atomic mass is 9.99. The predicted molar refractivity (Wildman–Crippen MR) is 105 cm³/mol. The molecule has 2 aliphatic heterocycles. The fraction of sp³-hybridized carbons (Fsp3) is 0.368. The maximum absolute atomic E-state index is 3.86. The molecule has 2 nitrogen and oxygen atoms in total. The van der Waals surface area contributed by atoms with Crippen LogP contribution in [0.15, 0.2) is 33.2 Å². The van der Waals surface area contributed by atoms with Crippen LogP contribution < -0.4 is 9.80 Å². The van der Waals surface area contributed by atoms with E-state index in [2.05, 4.69) is 80.0 Å². The molecule has 0 aliphatic carbocycles. The molecule has 0 spiro atoms. The van der Waals surface area contributed by atoms with E-state index in [-0.39, 0.29) is 0 Å². The molecule has 0 saturated heterocycles. The van der Waals surface area contributed by atoms with Crippen LogP contribution in [0, 0.1) is 0 Å². The van der Waals surface area contributed by atoms with Gasteiger partial charge in [-0.3, -0.25) is 0 Å². The molecule has 0 radical (unpaired) electrons. The zero-order chi connectivity index (χ0) is 16.1. The number of rotatable bonds is 2. The summed E-state index contributed by atoms with van der Waals surface area (Å²) < 4.78 is 2.59. The van der Waals surface area contributed by atoms with Crippen LogP contribution in [-0.4, -0.2) is 27.2 Å². The second-order valence-electron chi connectivity index (χ2n) is 6.59. The van der Waals surface area contributed by atoms with Crippen LogP contribution in [0.3, 0.4) is 0 Å². The first kappa shape index (κ1) is 15.5. The lowest BCUT2D eigenvalue weighted by Crippen LogP contribution is -2.12. The van der Waals surface area contributed by atoms with E-state index in [9.17, 15) is 0 Å². The normalized spacial score (nSPS) is 16.0. The molecule has 4 rings (SSSR count). The van der Waals surface area contributed by atoms with Crippen LogP contribution >= 0.6 is 31.9 Å². The van der Waals surface area contributed by atoms with Crippen molar-refractivity contribution in [1.29, 1.82) is 0 Å². The topological polar surface area (TPSA) is 6.48 Å². The van der Waals surface area contributed by atoms with Gasteiger partial charge < -0.3 is 9.80 Å². The maximum atomic E-state index is 3.86. The molecule has 0 amide bonds. The molecule has 0 saturated carbocycles. The first-order valence-corrected chi connectivity index (χ1v) is 9.67. The Kier molecular flexibility index (Phi) is 3.93. The van der Waals surface area contributed by atoms with Gasteiger partial charge in [0.1, 0.15) is 0 Å². The van der Waals surface area contributed by atoms with Gasteiger partial charge in [0, 0.05) is 47.5 Å². The Morgan fingerprint density at radius 3 is 1.65 bits per heavy atom. The minimum Gasteiger partial charge on any atom is -0.374 e. The molecule has 120 valence electrons. The summed E-state index contributed by atoms with van der Waals surface area (Å²) in [6.45, 7) is 2.23. The van der Waals surface area contributed by atoms with E-state index in [0.717, 1.165) is 32.4 Å². The smallest absolute Gasteiger partial charge is 0.0408 e. The SMILES string of the molecule is CN1CCc2c1ccc(Cc1ccc3c(c1Br)CCN3C)c2Br. The number of nitrogens with zero attached hydrogens (tertiary/aromatic N) is 2. The number of hydrogen-bond donors (Lipinski definition) is 0. The number of hydrogen-bond acceptors (Lipinski definition) is 2. The standard InChI is InChI=1S/C19H20Br2N2/c1-22-9-7-14-16(22)5-3-12(18(14)20)11-13-4-6-17-15(19(13)21)8-10-23(17)2/h3-6H,7-11H2,1-2H3. The number of likely N-dealkylation sites (N-methyl/N-ethyl adjacent to an activating group) is 2. The summed E-state index contributed by atoms with van der Waals surface area (Å²) >= 11 is 7.73. The van der Waals surface area contributed by atoms with Gasteiger partial charge in [-0.25, -0.2) is 0 Å². The van der Waals surface area contributed by atoms with Crippen molar-refractivity contribution in [1.82, 2.24) is 0 Å². The fourth-order valence-corrected chi connectivity index (χ4v) is 5.14. The van der Waals surface area contributed by atoms with Gasteiger partial charge in [0.25, 0.3) is 0 Å². The highest BCUT2D eigenvalue weighted by atomic mass is 79.9. The van der Waals surface area contributed by atoms with Crippen molar-refractivity contribution >= 4 is 43.2 Å². The molecular weight excluding hydrogens is 416 g/mol. The molecule has 0 bridgehead atoms. The molecule has 2 heterocycles. The summed E-state index contributed by atoms with van der Waals surface area (Å²) in [5.41, 5.74) is 8.42. The van der Waals surface area contributed by atoms with Crippen molar-refractivity contribution in [2.45, 2.75) is 19.3 Å². The Hall–Kier alpha value is -1.00. The highest BCUT2D eigenvalue weighted by molar-refractivity contribution is 9.11. The Bertz CT molecular complexity index is 720. The van der Waals surface area contributed by atoms with Crippen molar-refractivity contribution in [2.24, 2.45) is 0 Å². The third kappa shape index (κ3) is 2.51. The summed E-state index contributed by atoms with van der Waals surface area (Å²) in [5, 5.41) is 0. The summed E-state index contributed by atoms with van der Waals surface area (Å²) in [5.74, 6) is 0. The number of anilines is 2. The average molecular weight is 436 g/mol. The van der Waals surface area contributed by atoms with Gasteiger partial charge in [-0.2, -0.15) is 0 Å². The second kappa shape index (κ2) is 5.82. The first-order chi connectivity index (χ1) is 11.1. The van der Waals surface area contributed by atoms with E-state index in [0.29, 0.717) is 0 Å². The van der Waals surface area contributed by atoms with Crippen LogP contribution in [0.2, 0.25) is 0 Å². The van der Waals surface area contributed by atoms with Gasteiger partial charge in [-0.15, -0.1) is 0 Å². The number of halogens is 2. The zero-order valence-corrected chi connectivity index (χ0v) is 16.7. The summed E-state index contributed by atoms with van der Waals surface area (Å²) in [6, 6.07) is 9.10. The highest BCUT2D eigenvalue weighted by Crippen LogP contribution is 2.39. The van der Waals surface area contributed by atoms with Crippen LogP contribution in [0.4, 0.5) is 11.4 Å². The van der Waals surface area contributed by atoms with E-state index in [4.69, 9.17) is 0 Å². The Labute approximate surface area is 154 Å². The summed E-state index contributed by atoms with van der Waals surface area (Å²) in [4.78, 5) is 4.68. The van der Waals surface area contributed by atoms with Crippen LogP contribution in [-0.2, 0) is 19.3 Å². The van der Waals surface area contributed by atoms with E-state index in [1.54, 1.807) is 0 Å². The number of benzene rings is 2. The van der Waals surface area contributed by atoms with Gasteiger partial charge in [-0.05, 0) is 53.6 Å². The van der Waals surface area contributed by atoms with E-state index < -0.39 is 0 Å². The molecule has 2 aromatic rings. The lowest BCUT2D eigenvalue weighted by molar-refractivity contribution is 0.953. The van der Waals surface area contributed by atoms with Crippen molar-refractivity contribution in [3.05, 3.63) is 55.5 Å². The molecule has 2 aromatic carbocycles. The predicted octanol–water partition coefficient (Wildman–Crippen LogP) is 4.79. The maximum Gasteiger partial charge on any atom is 0.0408 e. The summed E-state index contributed by atoms with van der Waals surface area (Å²) in [7, 11) is 4.34. The van der Waals surface area contributed by atoms with E-state index in [1.165, 1.54) is 42.6 Å². The van der Waals surface area contributed by atoms with Crippen LogP contribution in [0.25, 0.3) is 0 Å². The van der Waals surface area contributed by atoms with Crippen molar-refractivity contribution in [3.63, 3.8) is 0 Å². The molecule has 0 unspecified atom stereocenters. The Morgan fingerprint density at radius 2 is 1.22 bits per heavy atom. The van der Waals surface area contributed by atoms with Crippen molar-refractivity contribution in [2.75, 3.05) is 37.0 Å². The minimum absolute atomic E-state index is 0.967. The fourth-order valence-electron chi connectivity index (χ4n) is 3.79. The van der Waals surface area contributed by atoms with Gasteiger partial charge in [0.15, 0.2) is 0 Å². The summed E-state index contributed by atoms with van der Waals surface area (Å²) in [6.07, 6.45) is 3.24. The molecule has 0 aromatic heterocycles. The third-order valence-corrected chi connectivity index (χ3v) is 7.17.